The van der Waals surface area contributed by atoms with Crippen molar-refractivity contribution in [2.45, 2.75) is 19.6 Å². The zero-order valence-electron chi connectivity index (χ0n) is 19.0. The van der Waals surface area contributed by atoms with E-state index >= 15 is 0 Å². The van der Waals surface area contributed by atoms with Gasteiger partial charge in [0.2, 0.25) is 0 Å². The summed E-state index contributed by atoms with van der Waals surface area (Å²) in [4.78, 5) is 29.0. The van der Waals surface area contributed by atoms with E-state index in [1.165, 1.54) is 23.0 Å². The van der Waals surface area contributed by atoms with E-state index in [1.807, 2.05) is 0 Å². The second kappa shape index (κ2) is 10.3. The molecule has 0 radical (unpaired) electrons. The first-order valence-electron chi connectivity index (χ1n) is 10.8. The average Bonchev–Trinajstić information content (AvgIpc) is 3.24. The summed E-state index contributed by atoms with van der Waals surface area (Å²) in [6.07, 6.45) is 0.0596. The van der Waals surface area contributed by atoms with Gasteiger partial charge in [0.25, 0.3) is 5.91 Å². The third-order valence-corrected chi connectivity index (χ3v) is 5.25. The van der Waals surface area contributed by atoms with Crippen LogP contribution in [0.25, 0.3) is 5.69 Å². The van der Waals surface area contributed by atoms with Gasteiger partial charge in [0, 0.05) is 30.3 Å². The minimum absolute atomic E-state index is 0.186. The molecule has 4 rings (SSSR count). The Balaban J connectivity index is 1.42. The number of carbonyl (C=O) groups is 2. The molecule has 2 aromatic carbocycles. The van der Waals surface area contributed by atoms with Crippen LogP contribution in [0.1, 0.15) is 27.2 Å². The maximum atomic E-state index is 13.1. The third kappa shape index (κ3) is 5.87. The summed E-state index contributed by atoms with van der Waals surface area (Å²) in [6.45, 7) is 1.91. The van der Waals surface area contributed by atoms with Crippen LogP contribution < -0.4 is 16.0 Å². The van der Waals surface area contributed by atoms with Crippen molar-refractivity contribution in [2.24, 2.45) is 0 Å². The number of aromatic nitrogens is 3. The lowest BCUT2D eigenvalue weighted by Gasteiger charge is -2.11. The zero-order valence-corrected chi connectivity index (χ0v) is 19.0. The lowest BCUT2D eigenvalue weighted by molar-refractivity contribution is -0.137. The summed E-state index contributed by atoms with van der Waals surface area (Å²) in [5, 5.41) is 12.2. The molecule has 0 aliphatic rings. The number of anilines is 2. The fourth-order valence-corrected chi connectivity index (χ4v) is 3.44. The molecular formula is C25H21F3N6O2. The molecule has 2 aromatic heterocycles. The normalized spacial score (nSPS) is 11.1. The number of halogens is 3. The highest BCUT2D eigenvalue weighted by Gasteiger charge is 2.30. The van der Waals surface area contributed by atoms with Crippen molar-refractivity contribution in [3.05, 3.63) is 102 Å². The minimum atomic E-state index is -4.49. The van der Waals surface area contributed by atoms with E-state index < -0.39 is 23.7 Å². The van der Waals surface area contributed by atoms with E-state index in [1.54, 1.807) is 55.7 Å². The second-order valence-electron chi connectivity index (χ2n) is 7.80. The second-order valence-corrected chi connectivity index (χ2v) is 7.80. The van der Waals surface area contributed by atoms with Crippen molar-refractivity contribution in [1.29, 1.82) is 0 Å². The largest absolute Gasteiger partial charge is 0.416 e. The third-order valence-electron chi connectivity index (χ3n) is 5.25. The van der Waals surface area contributed by atoms with Crippen LogP contribution in [-0.2, 0) is 12.7 Å². The Morgan fingerprint density at radius 2 is 1.64 bits per heavy atom. The number of pyridine rings is 1. The van der Waals surface area contributed by atoms with E-state index in [2.05, 4.69) is 26.0 Å². The number of nitrogens with zero attached hydrogens (tertiary/aromatic N) is 3. The van der Waals surface area contributed by atoms with E-state index in [0.29, 0.717) is 23.6 Å². The lowest BCUT2D eigenvalue weighted by atomic mass is 10.2. The molecule has 11 heteroatoms. The average molecular weight is 494 g/mol. The first kappa shape index (κ1) is 24.5. The SMILES string of the molecule is Cc1c(C(=O)Nc2cccc(NC(=O)NCc3ccncc3)c2)cnn1-c1cccc(C(F)(F)F)c1. The first-order valence-corrected chi connectivity index (χ1v) is 10.8. The highest BCUT2D eigenvalue weighted by atomic mass is 19.4. The number of hydrogen-bond donors (Lipinski definition) is 3. The molecule has 4 aromatic rings. The van der Waals surface area contributed by atoms with E-state index in [0.717, 1.165) is 17.7 Å². The molecule has 0 atom stereocenters. The molecule has 3 N–H and O–H groups in total. The topological polar surface area (TPSA) is 101 Å². The molecule has 0 saturated carbocycles. The molecule has 0 bridgehead atoms. The molecule has 0 aliphatic carbocycles. The molecule has 36 heavy (non-hydrogen) atoms. The lowest BCUT2D eigenvalue weighted by Crippen LogP contribution is -2.28. The van der Waals surface area contributed by atoms with Gasteiger partial charge in [-0.25, -0.2) is 9.48 Å². The van der Waals surface area contributed by atoms with Crippen molar-refractivity contribution in [1.82, 2.24) is 20.1 Å². The summed E-state index contributed by atoms with van der Waals surface area (Å²) in [5.74, 6) is -0.495. The van der Waals surface area contributed by atoms with E-state index in [-0.39, 0.29) is 11.3 Å². The maximum absolute atomic E-state index is 13.1. The predicted octanol–water partition coefficient (Wildman–Crippen LogP) is 5.17. The standard InChI is InChI=1S/C25H21F3N6O2/c1-16-22(15-31-34(16)21-7-2-4-18(12-21)25(26,27)28)23(35)32-19-5-3-6-20(13-19)33-24(36)30-14-17-8-10-29-11-9-17/h2-13,15H,14H2,1H3,(H,32,35)(H2,30,33,36). The van der Waals surface area contributed by atoms with Gasteiger partial charge in [0.15, 0.2) is 0 Å². The van der Waals surface area contributed by atoms with Crippen LogP contribution in [0.4, 0.5) is 29.3 Å². The van der Waals surface area contributed by atoms with Crippen LogP contribution in [0.5, 0.6) is 0 Å². The van der Waals surface area contributed by atoms with Gasteiger partial charge in [0.1, 0.15) is 0 Å². The minimum Gasteiger partial charge on any atom is -0.334 e. The van der Waals surface area contributed by atoms with Gasteiger partial charge >= 0.3 is 12.2 Å². The van der Waals surface area contributed by atoms with Crippen molar-refractivity contribution < 1.29 is 22.8 Å². The quantitative estimate of drug-likeness (QED) is 0.344. The molecular weight excluding hydrogens is 473 g/mol. The van der Waals surface area contributed by atoms with Crippen molar-refractivity contribution in [3.8, 4) is 5.69 Å². The molecule has 0 unspecified atom stereocenters. The van der Waals surface area contributed by atoms with Crippen LogP contribution in [0, 0.1) is 6.92 Å². The van der Waals surface area contributed by atoms with Crippen LogP contribution in [-0.4, -0.2) is 26.7 Å². The molecule has 184 valence electrons. The molecule has 2 heterocycles. The summed E-state index contributed by atoms with van der Waals surface area (Å²) >= 11 is 0. The van der Waals surface area contributed by atoms with Crippen molar-refractivity contribution in [3.63, 3.8) is 0 Å². The van der Waals surface area contributed by atoms with Gasteiger partial charge in [-0.2, -0.15) is 18.3 Å². The number of nitrogens with one attached hydrogen (secondary N) is 3. The van der Waals surface area contributed by atoms with E-state index in [9.17, 15) is 22.8 Å². The Morgan fingerprint density at radius 3 is 2.36 bits per heavy atom. The number of rotatable bonds is 6. The summed E-state index contributed by atoms with van der Waals surface area (Å²) in [6, 6.07) is 14.4. The maximum Gasteiger partial charge on any atom is 0.416 e. The summed E-state index contributed by atoms with van der Waals surface area (Å²) in [5.41, 5.74) is 1.70. The van der Waals surface area contributed by atoms with Crippen LogP contribution in [0.3, 0.4) is 0 Å². The van der Waals surface area contributed by atoms with Gasteiger partial charge < -0.3 is 16.0 Å². The zero-order chi connectivity index (χ0) is 25.7. The Labute approximate surface area is 204 Å². The number of hydrogen-bond acceptors (Lipinski definition) is 4. The molecule has 0 aliphatic heterocycles. The number of carbonyl (C=O) groups excluding carboxylic acids is 2. The molecule has 0 fully saturated rings. The first-order chi connectivity index (χ1) is 17.2. The van der Waals surface area contributed by atoms with Gasteiger partial charge in [-0.05, 0) is 61.0 Å². The van der Waals surface area contributed by atoms with Crippen LogP contribution in [0.15, 0.2) is 79.3 Å². The van der Waals surface area contributed by atoms with Gasteiger partial charge in [-0.3, -0.25) is 9.78 Å². The number of urea groups is 1. The van der Waals surface area contributed by atoms with Gasteiger partial charge in [0.05, 0.1) is 28.7 Å². The Morgan fingerprint density at radius 1 is 0.944 bits per heavy atom. The number of benzene rings is 2. The monoisotopic (exact) mass is 494 g/mol. The Kier molecular flexibility index (Phi) is 7.00. The fraction of sp³-hybridized carbons (Fsp3) is 0.120. The van der Waals surface area contributed by atoms with Gasteiger partial charge in [-0.15, -0.1) is 0 Å². The summed E-state index contributed by atoms with van der Waals surface area (Å²) < 4.78 is 40.5. The fourth-order valence-electron chi connectivity index (χ4n) is 3.44. The molecule has 0 saturated heterocycles. The van der Waals surface area contributed by atoms with Crippen molar-refractivity contribution in [2.75, 3.05) is 10.6 Å². The summed E-state index contributed by atoms with van der Waals surface area (Å²) in [7, 11) is 0. The highest BCUT2D eigenvalue weighted by molar-refractivity contribution is 6.05. The van der Waals surface area contributed by atoms with E-state index in [4.69, 9.17) is 0 Å². The van der Waals surface area contributed by atoms with Crippen molar-refractivity contribution >= 4 is 23.3 Å². The molecule has 3 amide bonds. The number of alkyl halides is 3. The van der Waals surface area contributed by atoms with Crippen LogP contribution >= 0.6 is 0 Å². The Hall–Kier alpha value is -4.67. The van der Waals surface area contributed by atoms with Gasteiger partial charge in [-0.1, -0.05) is 12.1 Å². The smallest absolute Gasteiger partial charge is 0.334 e. The van der Waals surface area contributed by atoms with Crippen LogP contribution in [0.2, 0.25) is 0 Å². The predicted molar refractivity (Wildman–Crippen MR) is 128 cm³/mol. The number of amides is 3. The molecule has 8 nitrogen and oxygen atoms in total. The molecule has 0 spiro atoms. The highest BCUT2D eigenvalue weighted by Crippen LogP contribution is 2.30. The Bertz CT molecular complexity index is 1390.